The smallest absolute Gasteiger partial charge is 0.387 e. The highest BCUT2D eigenvalue weighted by Gasteiger charge is 2.22. The first-order valence-corrected chi connectivity index (χ1v) is 7.72. The zero-order valence-electron chi connectivity index (χ0n) is 13.5. The van der Waals surface area contributed by atoms with Crippen molar-refractivity contribution >= 4 is 11.8 Å². The van der Waals surface area contributed by atoms with Crippen LogP contribution in [0.3, 0.4) is 0 Å². The van der Waals surface area contributed by atoms with Gasteiger partial charge in [0.2, 0.25) is 11.8 Å². The van der Waals surface area contributed by atoms with Gasteiger partial charge in [-0.2, -0.15) is 8.78 Å². The fraction of sp³-hybridized carbons (Fsp3) is 0.500. The molecule has 24 heavy (non-hydrogen) atoms. The van der Waals surface area contributed by atoms with Gasteiger partial charge in [0.05, 0.1) is 13.0 Å². The van der Waals surface area contributed by atoms with E-state index >= 15 is 0 Å². The lowest BCUT2D eigenvalue weighted by Crippen LogP contribution is -2.51. The Morgan fingerprint density at radius 3 is 2.33 bits per heavy atom. The van der Waals surface area contributed by atoms with Crippen molar-refractivity contribution in [3.05, 3.63) is 29.8 Å². The lowest BCUT2D eigenvalue weighted by Gasteiger charge is -2.34. The first kappa shape index (κ1) is 18.1. The molecule has 1 aromatic carbocycles. The second kappa shape index (κ2) is 8.58. The molecule has 0 radical (unpaired) electrons. The van der Waals surface area contributed by atoms with E-state index in [2.05, 4.69) is 10.1 Å². The predicted octanol–water partition coefficient (Wildman–Crippen LogP) is 0.721. The van der Waals surface area contributed by atoms with Crippen molar-refractivity contribution in [3.8, 4) is 5.75 Å². The summed E-state index contributed by atoms with van der Waals surface area (Å²) < 4.78 is 28.5. The van der Waals surface area contributed by atoms with E-state index in [0.29, 0.717) is 32.7 Å². The lowest BCUT2D eigenvalue weighted by molar-refractivity contribution is -0.132. The van der Waals surface area contributed by atoms with Crippen molar-refractivity contribution in [2.45, 2.75) is 13.0 Å². The highest BCUT2D eigenvalue weighted by atomic mass is 19.3. The number of nitrogens with zero attached hydrogens (tertiary/aromatic N) is 2. The van der Waals surface area contributed by atoms with E-state index in [0.717, 1.165) is 5.56 Å². The van der Waals surface area contributed by atoms with E-state index in [-0.39, 0.29) is 24.0 Å². The number of hydrogen-bond acceptors (Lipinski definition) is 4. The van der Waals surface area contributed by atoms with E-state index in [1.165, 1.54) is 12.1 Å². The summed E-state index contributed by atoms with van der Waals surface area (Å²) in [6, 6.07) is 6.07. The van der Waals surface area contributed by atoms with E-state index < -0.39 is 6.61 Å². The maximum Gasteiger partial charge on any atom is 0.387 e. The van der Waals surface area contributed by atoms with Gasteiger partial charge in [-0.05, 0) is 17.7 Å². The average Bonchev–Trinajstić information content (AvgIpc) is 2.56. The SMILES string of the molecule is CNC(=O)CN1CCN(C(=O)Cc2ccc(OC(F)F)cc2)CC1. The first-order chi connectivity index (χ1) is 11.5. The third kappa shape index (κ3) is 5.45. The molecule has 1 aliphatic rings. The van der Waals surface area contributed by atoms with Gasteiger partial charge >= 0.3 is 6.61 Å². The maximum absolute atomic E-state index is 12.3. The molecule has 0 aliphatic carbocycles. The minimum absolute atomic E-state index is 0.0166. The van der Waals surface area contributed by atoms with E-state index in [9.17, 15) is 18.4 Å². The fourth-order valence-electron chi connectivity index (χ4n) is 2.51. The molecule has 1 aromatic rings. The number of hydrogen-bond donors (Lipinski definition) is 1. The lowest BCUT2D eigenvalue weighted by atomic mass is 10.1. The van der Waals surface area contributed by atoms with Crippen LogP contribution in [0.5, 0.6) is 5.75 Å². The van der Waals surface area contributed by atoms with Gasteiger partial charge in [0.25, 0.3) is 0 Å². The Bertz CT molecular complexity index is 558. The van der Waals surface area contributed by atoms with Gasteiger partial charge < -0.3 is 15.0 Å². The zero-order chi connectivity index (χ0) is 17.5. The molecule has 1 fully saturated rings. The molecular formula is C16H21F2N3O3. The normalized spacial score (nSPS) is 15.4. The Kier molecular flexibility index (Phi) is 6.48. The number of alkyl halides is 2. The Morgan fingerprint density at radius 1 is 1.17 bits per heavy atom. The summed E-state index contributed by atoms with van der Waals surface area (Å²) in [5.74, 6) is 0.0158. The van der Waals surface area contributed by atoms with Crippen LogP contribution in [0.25, 0.3) is 0 Å². The highest BCUT2D eigenvalue weighted by Crippen LogP contribution is 2.16. The standard InChI is InChI=1S/C16H21F2N3O3/c1-19-14(22)11-20-6-8-21(9-7-20)15(23)10-12-2-4-13(5-3-12)24-16(17)18/h2-5,16H,6-11H2,1H3,(H,19,22). The highest BCUT2D eigenvalue weighted by molar-refractivity contribution is 5.79. The molecule has 0 saturated carbocycles. The summed E-state index contributed by atoms with van der Waals surface area (Å²) in [5, 5.41) is 2.58. The molecule has 132 valence electrons. The topological polar surface area (TPSA) is 61.9 Å². The third-order valence-corrected chi connectivity index (χ3v) is 3.87. The number of carbonyl (C=O) groups is 2. The van der Waals surface area contributed by atoms with Crippen molar-refractivity contribution in [3.63, 3.8) is 0 Å². The number of nitrogens with one attached hydrogen (secondary N) is 1. The van der Waals surface area contributed by atoms with Crippen molar-refractivity contribution in [2.75, 3.05) is 39.8 Å². The molecule has 1 N–H and O–H groups in total. The molecule has 6 nitrogen and oxygen atoms in total. The molecule has 2 amide bonds. The second-order valence-corrected chi connectivity index (χ2v) is 5.53. The van der Waals surface area contributed by atoms with Crippen LogP contribution < -0.4 is 10.1 Å². The molecule has 0 aromatic heterocycles. The molecule has 0 bridgehead atoms. The molecular weight excluding hydrogens is 320 g/mol. The third-order valence-electron chi connectivity index (χ3n) is 3.87. The monoisotopic (exact) mass is 341 g/mol. The maximum atomic E-state index is 12.3. The van der Waals surface area contributed by atoms with Crippen LogP contribution >= 0.6 is 0 Å². The van der Waals surface area contributed by atoms with Crippen LogP contribution in [0.2, 0.25) is 0 Å². The number of amides is 2. The summed E-state index contributed by atoms with van der Waals surface area (Å²) in [5.41, 5.74) is 0.745. The number of halogens is 2. The van der Waals surface area contributed by atoms with Crippen LogP contribution in [0, 0.1) is 0 Å². The van der Waals surface area contributed by atoms with Crippen LogP contribution in [0.15, 0.2) is 24.3 Å². The second-order valence-electron chi connectivity index (χ2n) is 5.53. The molecule has 8 heteroatoms. The largest absolute Gasteiger partial charge is 0.435 e. The van der Waals surface area contributed by atoms with Gasteiger partial charge in [0.15, 0.2) is 0 Å². The molecule has 0 atom stereocenters. The van der Waals surface area contributed by atoms with E-state index in [1.54, 1.807) is 24.1 Å². The Balaban J connectivity index is 1.80. The Labute approximate surface area is 139 Å². The fourth-order valence-corrected chi connectivity index (χ4v) is 2.51. The molecule has 1 aliphatic heterocycles. The quantitative estimate of drug-likeness (QED) is 0.828. The van der Waals surface area contributed by atoms with Crippen LogP contribution in [-0.4, -0.2) is 68.0 Å². The molecule has 0 unspecified atom stereocenters. The number of piperazine rings is 1. The van der Waals surface area contributed by atoms with Crippen LogP contribution in [0.1, 0.15) is 5.56 Å². The number of carbonyl (C=O) groups excluding carboxylic acids is 2. The molecule has 2 rings (SSSR count). The first-order valence-electron chi connectivity index (χ1n) is 7.72. The van der Waals surface area contributed by atoms with Crippen molar-refractivity contribution < 1.29 is 23.1 Å². The zero-order valence-corrected chi connectivity index (χ0v) is 13.5. The van der Waals surface area contributed by atoms with Crippen molar-refractivity contribution in [1.29, 1.82) is 0 Å². The molecule has 0 spiro atoms. The van der Waals surface area contributed by atoms with E-state index in [4.69, 9.17) is 0 Å². The van der Waals surface area contributed by atoms with Gasteiger partial charge in [0.1, 0.15) is 5.75 Å². The minimum atomic E-state index is -2.86. The van der Waals surface area contributed by atoms with Gasteiger partial charge in [-0.25, -0.2) is 0 Å². The molecule has 1 heterocycles. The van der Waals surface area contributed by atoms with Gasteiger partial charge in [-0.1, -0.05) is 12.1 Å². The van der Waals surface area contributed by atoms with Gasteiger partial charge in [0, 0.05) is 33.2 Å². The van der Waals surface area contributed by atoms with Crippen LogP contribution in [-0.2, 0) is 16.0 Å². The number of benzene rings is 1. The summed E-state index contributed by atoms with van der Waals surface area (Å²) in [7, 11) is 1.60. The summed E-state index contributed by atoms with van der Waals surface area (Å²) >= 11 is 0. The number of ether oxygens (including phenoxy) is 1. The average molecular weight is 341 g/mol. The molecule has 1 saturated heterocycles. The Hall–Kier alpha value is -2.22. The summed E-state index contributed by atoms with van der Waals surface area (Å²) in [4.78, 5) is 27.4. The summed E-state index contributed by atoms with van der Waals surface area (Å²) in [6.07, 6.45) is 0.213. The van der Waals surface area contributed by atoms with E-state index in [1.807, 2.05) is 4.90 Å². The Morgan fingerprint density at radius 2 is 1.79 bits per heavy atom. The predicted molar refractivity (Wildman–Crippen MR) is 83.9 cm³/mol. The van der Waals surface area contributed by atoms with Gasteiger partial charge in [-0.15, -0.1) is 0 Å². The van der Waals surface area contributed by atoms with Crippen molar-refractivity contribution in [2.24, 2.45) is 0 Å². The van der Waals surface area contributed by atoms with Gasteiger partial charge in [-0.3, -0.25) is 14.5 Å². The minimum Gasteiger partial charge on any atom is -0.435 e. The van der Waals surface area contributed by atoms with Crippen LogP contribution in [0.4, 0.5) is 8.78 Å². The number of rotatable bonds is 6. The number of likely N-dealkylation sites (N-methyl/N-ethyl adjacent to an activating group) is 1. The summed E-state index contributed by atoms with van der Waals surface area (Å²) in [6.45, 7) is -0.0705. The van der Waals surface area contributed by atoms with Crippen molar-refractivity contribution in [1.82, 2.24) is 15.1 Å².